The van der Waals surface area contributed by atoms with Crippen LogP contribution in [0, 0.1) is 0 Å². The van der Waals surface area contributed by atoms with Crippen molar-refractivity contribution in [1.82, 2.24) is 9.97 Å². The lowest BCUT2D eigenvalue weighted by molar-refractivity contribution is -0.135. The Morgan fingerprint density at radius 2 is 1.79 bits per heavy atom. The average Bonchev–Trinajstić information content (AvgIpc) is 2.39. The minimum absolute atomic E-state index is 0.139. The first kappa shape index (κ1) is 13.3. The van der Waals surface area contributed by atoms with Crippen molar-refractivity contribution in [3.05, 3.63) is 41.7 Å². The number of nitrogens with zero attached hydrogens (tertiary/aromatic N) is 3. The van der Waals surface area contributed by atoms with Crippen molar-refractivity contribution in [2.24, 2.45) is 0 Å². The predicted molar refractivity (Wildman–Crippen MR) is 73.4 cm³/mol. The van der Waals surface area contributed by atoms with Crippen molar-refractivity contribution in [3.63, 3.8) is 0 Å². The maximum Gasteiger partial charge on any atom is 0.323 e. The molecule has 0 amide bonds. The van der Waals surface area contributed by atoms with Gasteiger partial charge in [-0.15, -0.1) is 0 Å². The van der Waals surface area contributed by atoms with Crippen LogP contribution < -0.4 is 4.90 Å². The summed E-state index contributed by atoms with van der Waals surface area (Å²) in [7, 11) is 1.63. The van der Waals surface area contributed by atoms with Crippen molar-refractivity contribution in [2.45, 2.75) is 0 Å². The molecule has 19 heavy (non-hydrogen) atoms. The Balaban J connectivity index is 2.18. The van der Waals surface area contributed by atoms with Crippen LogP contribution in [0.15, 0.2) is 36.7 Å². The van der Waals surface area contributed by atoms with Crippen molar-refractivity contribution in [2.75, 3.05) is 18.5 Å². The van der Waals surface area contributed by atoms with Crippen molar-refractivity contribution >= 4 is 23.5 Å². The van der Waals surface area contributed by atoms with Crippen molar-refractivity contribution < 1.29 is 9.90 Å². The highest BCUT2D eigenvalue weighted by molar-refractivity contribution is 6.30. The molecule has 1 heterocycles. The molecule has 0 aliphatic heterocycles. The van der Waals surface area contributed by atoms with Gasteiger partial charge in [0.15, 0.2) is 0 Å². The quantitative estimate of drug-likeness (QED) is 0.929. The van der Waals surface area contributed by atoms with E-state index in [1.807, 2.05) is 12.1 Å². The Labute approximate surface area is 115 Å². The molecule has 0 saturated heterocycles. The third-order valence-corrected chi connectivity index (χ3v) is 2.78. The molecule has 0 aliphatic carbocycles. The number of rotatable bonds is 4. The average molecular weight is 278 g/mol. The Kier molecular flexibility index (Phi) is 3.97. The maximum atomic E-state index is 10.6. The van der Waals surface area contributed by atoms with E-state index >= 15 is 0 Å². The predicted octanol–water partition coefficient (Wildman–Crippen LogP) is 2.32. The SMILES string of the molecule is CN(CC(=O)O)c1ncc(-c2ccc(Cl)cc2)cn1. The fourth-order valence-corrected chi connectivity index (χ4v) is 1.71. The van der Waals surface area contributed by atoms with Gasteiger partial charge in [-0.2, -0.15) is 0 Å². The molecular weight excluding hydrogens is 266 g/mol. The van der Waals surface area contributed by atoms with Crippen LogP contribution in [-0.4, -0.2) is 34.6 Å². The first-order valence-electron chi connectivity index (χ1n) is 5.57. The van der Waals surface area contributed by atoms with Gasteiger partial charge in [0, 0.05) is 30.0 Å². The van der Waals surface area contributed by atoms with Crippen LogP contribution in [0.1, 0.15) is 0 Å². The second kappa shape index (κ2) is 5.67. The van der Waals surface area contributed by atoms with E-state index in [0.29, 0.717) is 11.0 Å². The number of hydrogen-bond donors (Lipinski definition) is 1. The largest absolute Gasteiger partial charge is 0.480 e. The van der Waals surface area contributed by atoms with Crippen molar-refractivity contribution in [3.8, 4) is 11.1 Å². The molecule has 0 atom stereocenters. The van der Waals surface area contributed by atoms with Crippen LogP contribution in [0.4, 0.5) is 5.95 Å². The van der Waals surface area contributed by atoms with Gasteiger partial charge in [0.05, 0.1) is 0 Å². The smallest absolute Gasteiger partial charge is 0.323 e. The number of benzene rings is 1. The Morgan fingerprint density at radius 3 is 2.32 bits per heavy atom. The lowest BCUT2D eigenvalue weighted by Crippen LogP contribution is -2.26. The second-order valence-electron chi connectivity index (χ2n) is 4.03. The monoisotopic (exact) mass is 277 g/mol. The maximum absolute atomic E-state index is 10.6. The fourth-order valence-electron chi connectivity index (χ4n) is 1.58. The Bertz CT molecular complexity index is 569. The molecule has 98 valence electrons. The van der Waals surface area contributed by atoms with E-state index in [9.17, 15) is 4.79 Å². The standard InChI is InChI=1S/C13H12ClN3O2/c1-17(8-12(18)19)13-15-6-10(7-16-13)9-2-4-11(14)5-3-9/h2-7H,8H2,1H3,(H,18,19). The second-order valence-corrected chi connectivity index (χ2v) is 4.46. The summed E-state index contributed by atoms with van der Waals surface area (Å²) >= 11 is 5.82. The van der Waals surface area contributed by atoms with Gasteiger partial charge in [-0.05, 0) is 17.7 Å². The van der Waals surface area contributed by atoms with E-state index in [-0.39, 0.29) is 6.54 Å². The molecule has 5 nitrogen and oxygen atoms in total. The molecule has 0 radical (unpaired) electrons. The summed E-state index contributed by atoms with van der Waals surface area (Å²) in [4.78, 5) is 20.4. The number of likely N-dealkylation sites (N-methyl/N-ethyl adjacent to an activating group) is 1. The minimum Gasteiger partial charge on any atom is -0.480 e. The van der Waals surface area contributed by atoms with E-state index in [0.717, 1.165) is 11.1 Å². The van der Waals surface area contributed by atoms with Gasteiger partial charge < -0.3 is 10.0 Å². The molecule has 0 saturated carbocycles. The molecule has 1 aromatic carbocycles. The normalized spacial score (nSPS) is 10.2. The first-order chi connectivity index (χ1) is 9.06. The van der Waals surface area contributed by atoms with E-state index in [4.69, 9.17) is 16.7 Å². The number of aliphatic carboxylic acids is 1. The zero-order valence-electron chi connectivity index (χ0n) is 10.2. The summed E-state index contributed by atoms with van der Waals surface area (Å²) < 4.78 is 0. The van der Waals surface area contributed by atoms with E-state index in [1.165, 1.54) is 4.90 Å². The number of carboxylic acid groups (broad SMARTS) is 1. The molecule has 0 fully saturated rings. The van der Waals surface area contributed by atoms with Crippen LogP contribution in [0.2, 0.25) is 5.02 Å². The molecule has 0 spiro atoms. The zero-order valence-corrected chi connectivity index (χ0v) is 11.0. The van der Waals surface area contributed by atoms with Gasteiger partial charge in [-0.25, -0.2) is 9.97 Å². The van der Waals surface area contributed by atoms with Crippen LogP contribution in [-0.2, 0) is 4.79 Å². The topological polar surface area (TPSA) is 66.3 Å². The van der Waals surface area contributed by atoms with E-state index in [1.54, 1.807) is 31.6 Å². The first-order valence-corrected chi connectivity index (χ1v) is 5.95. The summed E-state index contributed by atoms with van der Waals surface area (Å²) in [6, 6.07) is 7.34. The molecule has 0 aliphatic rings. The van der Waals surface area contributed by atoms with Gasteiger partial charge in [0.25, 0.3) is 0 Å². The summed E-state index contributed by atoms with van der Waals surface area (Å²) in [6.07, 6.45) is 3.31. The third kappa shape index (κ3) is 3.42. The van der Waals surface area contributed by atoms with Crippen molar-refractivity contribution in [1.29, 1.82) is 0 Å². The van der Waals surface area contributed by atoms with E-state index < -0.39 is 5.97 Å². The highest BCUT2D eigenvalue weighted by atomic mass is 35.5. The fraction of sp³-hybridized carbons (Fsp3) is 0.154. The number of hydrogen-bond acceptors (Lipinski definition) is 4. The molecule has 1 aromatic heterocycles. The summed E-state index contributed by atoms with van der Waals surface area (Å²) in [5.74, 6) is -0.548. The zero-order chi connectivity index (χ0) is 13.8. The molecule has 0 unspecified atom stereocenters. The van der Waals surface area contributed by atoms with Crippen LogP contribution in [0.5, 0.6) is 0 Å². The number of carbonyl (C=O) groups is 1. The number of anilines is 1. The molecule has 2 rings (SSSR count). The number of carboxylic acids is 1. The molecule has 1 N–H and O–H groups in total. The van der Waals surface area contributed by atoms with Crippen LogP contribution in [0.25, 0.3) is 11.1 Å². The van der Waals surface area contributed by atoms with Gasteiger partial charge >= 0.3 is 5.97 Å². The summed E-state index contributed by atoms with van der Waals surface area (Å²) in [5.41, 5.74) is 1.81. The Hall–Kier alpha value is -2.14. The molecule has 0 bridgehead atoms. The minimum atomic E-state index is -0.923. The van der Waals surface area contributed by atoms with Gasteiger partial charge in [-0.3, -0.25) is 4.79 Å². The van der Waals surface area contributed by atoms with Gasteiger partial charge in [0.2, 0.25) is 5.95 Å². The molecular formula is C13H12ClN3O2. The number of halogens is 1. The van der Waals surface area contributed by atoms with Crippen LogP contribution >= 0.6 is 11.6 Å². The highest BCUT2D eigenvalue weighted by Crippen LogP contribution is 2.20. The van der Waals surface area contributed by atoms with Gasteiger partial charge in [-0.1, -0.05) is 23.7 Å². The van der Waals surface area contributed by atoms with Crippen LogP contribution in [0.3, 0.4) is 0 Å². The Morgan fingerprint density at radius 1 is 1.21 bits per heavy atom. The summed E-state index contributed by atoms with van der Waals surface area (Å²) in [5, 5.41) is 9.36. The lowest BCUT2D eigenvalue weighted by Gasteiger charge is -2.14. The van der Waals surface area contributed by atoms with Gasteiger partial charge in [0.1, 0.15) is 6.54 Å². The van der Waals surface area contributed by atoms with E-state index in [2.05, 4.69) is 9.97 Å². The third-order valence-electron chi connectivity index (χ3n) is 2.53. The molecule has 6 heteroatoms. The number of aromatic nitrogens is 2. The molecule has 2 aromatic rings. The summed E-state index contributed by atoms with van der Waals surface area (Å²) in [6.45, 7) is -0.139. The lowest BCUT2D eigenvalue weighted by atomic mass is 10.1. The highest BCUT2D eigenvalue weighted by Gasteiger charge is 2.08.